The molecule has 0 radical (unpaired) electrons. The number of carbonyl (C=O) groups is 1. The number of pyridine rings is 1. The fraction of sp³-hybridized carbons (Fsp3) is 0.176. The van der Waals surface area contributed by atoms with Gasteiger partial charge in [0.05, 0.1) is 5.69 Å². The van der Waals surface area contributed by atoms with Crippen molar-refractivity contribution in [2.24, 2.45) is 0 Å². The van der Waals surface area contributed by atoms with Crippen LogP contribution in [0.4, 0.5) is 5.69 Å². The predicted molar refractivity (Wildman–Crippen MR) is 89.8 cm³/mol. The summed E-state index contributed by atoms with van der Waals surface area (Å²) in [4.78, 5) is 16.1. The van der Waals surface area contributed by atoms with Crippen LogP contribution in [0.3, 0.4) is 0 Å². The molecule has 0 atom stereocenters. The first-order valence-corrected chi connectivity index (χ1v) is 7.46. The Morgan fingerprint density at radius 1 is 1.17 bits per heavy atom. The maximum Gasteiger partial charge on any atom is 0.273 e. The topological polar surface area (TPSA) is 93.8 Å². The summed E-state index contributed by atoms with van der Waals surface area (Å²) in [6, 6.07) is 9.48. The van der Waals surface area contributed by atoms with Gasteiger partial charge in [-0.2, -0.15) is 0 Å². The van der Waals surface area contributed by atoms with E-state index in [0.717, 1.165) is 22.9 Å². The molecule has 0 saturated carbocycles. The monoisotopic (exact) mass is 307 g/mol. The van der Waals surface area contributed by atoms with Crippen molar-refractivity contribution in [1.82, 2.24) is 20.5 Å². The minimum atomic E-state index is -0.298. The Bertz CT molecular complexity index is 848. The van der Waals surface area contributed by atoms with E-state index in [1.165, 1.54) is 0 Å². The molecule has 6 heteroatoms. The van der Waals surface area contributed by atoms with Gasteiger partial charge < -0.3 is 11.1 Å². The number of benzene rings is 1. The number of rotatable bonds is 4. The smallest absolute Gasteiger partial charge is 0.273 e. The van der Waals surface area contributed by atoms with Crippen LogP contribution in [0.2, 0.25) is 0 Å². The highest BCUT2D eigenvalue weighted by Gasteiger charge is 2.16. The Labute approximate surface area is 133 Å². The lowest BCUT2D eigenvalue weighted by Gasteiger charge is -2.10. The van der Waals surface area contributed by atoms with Gasteiger partial charge in [-0.1, -0.05) is 25.1 Å². The van der Waals surface area contributed by atoms with Crippen LogP contribution in [-0.4, -0.2) is 27.6 Å². The minimum absolute atomic E-state index is 0.165. The number of hydrogen-bond donors (Lipinski definition) is 2. The molecular formula is C17H17N5O. The molecule has 1 amide bonds. The van der Waals surface area contributed by atoms with Gasteiger partial charge in [-0.15, -0.1) is 10.2 Å². The van der Waals surface area contributed by atoms with Crippen molar-refractivity contribution >= 4 is 22.5 Å². The van der Waals surface area contributed by atoms with Crippen LogP contribution < -0.4 is 11.1 Å². The van der Waals surface area contributed by atoms with Gasteiger partial charge in [-0.05, 0) is 24.1 Å². The number of fused-ring (bicyclic) bond motifs is 1. The van der Waals surface area contributed by atoms with E-state index in [2.05, 4.69) is 20.5 Å². The number of nitrogens with one attached hydrogen (secondary N) is 1. The second kappa shape index (κ2) is 6.39. The fourth-order valence-electron chi connectivity index (χ4n) is 2.40. The highest BCUT2D eigenvalue weighted by Crippen LogP contribution is 2.30. The van der Waals surface area contributed by atoms with Crippen LogP contribution in [0.15, 0.2) is 42.7 Å². The summed E-state index contributed by atoms with van der Waals surface area (Å²) < 4.78 is 0. The molecule has 6 nitrogen and oxygen atoms in total. The molecule has 0 bridgehead atoms. The van der Waals surface area contributed by atoms with Crippen LogP contribution in [0.5, 0.6) is 0 Å². The molecule has 116 valence electrons. The third-order valence-corrected chi connectivity index (χ3v) is 3.57. The molecule has 1 aromatic carbocycles. The summed E-state index contributed by atoms with van der Waals surface area (Å²) in [7, 11) is 0. The van der Waals surface area contributed by atoms with Gasteiger partial charge in [0.15, 0.2) is 5.69 Å². The van der Waals surface area contributed by atoms with Gasteiger partial charge in [0.1, 0.15) is 5.52 Å². The summed E-state index contributed by atoms with van der Waals surface area (Å²) in [6.45, 7) is 2.56. The lowest BCUT2D eigenvalue weighted by Crippen LogP contribution is -2.26. The van der Waals surface area contributed by atoms with Gasteiger partial charge in [0.25, 0.3) is 5.91 Å². The maximum atomic E-state index is 12.1. The van der Waals surface area contributed by atoms with Gasteiger partial charge in [0.2, 0.25) is 0 Å². The van der Waals surface area contributed by atoms with Gasteiger partial charge >= 0.3 is 0 Å². The molecule has 0 aliphatic rings. The molecule has 0 spiro atoms. The van der Waals surface area contributed by atoms with Crippen LogP contribution >= 0.6 is 0 Å². The Morgan fingerprint density at radius 2 is 1.96 bits per heavy atom. The van der Waals surface area contributed by atoms with Gasteiger partial charge in [-0.25, -0.2) is 0 Å². The highest BCUT2D eigenvalue weighted by atomic mass is 16.1. The number of nitrogens with zero attached hydrogens (tertiary/aromatic N) is 3. The molecule has 2 aromatic heterocycles. The number of aromatic nitrogens is 3. The molecule has 3 N–H and O–H groups in total. The zero-order valence-electron chi connectivity index (χ0n) is 12.8. The van der Waals surface area contributed by atoms with E-state index in [-0.39, 0.29) is 11.6 Å². The number of anilines is 1. The zero-order chi connectivity index (χ0) is 16.2. The van der Waals surface area contributed by atoms with Crippen molar-refractivity contribution in [2.45, 2.75) is 13.3 Å². The predicted octanol–water partition coefficient (Wildman–Crippen LogP) is 2.41. The number of carbonyl (C=O) groups excluding carboxylic acids is 1. The summed E-state index contributed by atoms with van der Waals surface area (Å²) in [5, 5.41) is 11.8. The van der Waals surface area contributed by atoms with E-state index in [9.17, 15) is 4.79 Å². The van der Waals surface area contributed by atoms with E-state index in [4.69, 9.17) is 5.73 Å². The van der Waals surface area contributed by atoms with Gasteiger partial charge in [-0.3, -0.25) is 9.78 Å². The van der Waals surface area contributed by atoms with Crippen molar-refractivity contribution in [1.29, 1.82) is 0 Å². The lowest BCUT2D eigenvalue weighted by molar-refractivity contribution is 0.0949. The zero-order valence-corrected chi connectivity index (χ0v) is 12.8. The number of nitrogens with two attached hydrogens (primary N) is 1. The molecule has 0 unspecified atom stereocenters. The molecule has 0 aliphatic carbocycles. The Morgan fingerprint density at radius 3 is 2.70 bits per heavy atom. The van der Waals surface area contributed by atoms with E-state index in [0.29, 0.717) is 17.7 Å². The van der Waals surface area contributed by atoms with E-state index in [1.807, 2.05) is 37.3 Å². The molecule has 0 saturated heterocycles. The Hall–Kier alpha value is -3.02. The summed E-state index contributed by atoms with van der Waals surface area (Å²) in [5.74, 6) is -0.298. The standard InChI is InChI=1S/C17H17N5O/c1-2-8-20-17(23)16-14(18)13-5-3-4-12(15(13)21-22-16)11-6-9-19-10-7-11/h3-7,9-10H,2,8H2,1H3,(H2,18,21)(H,20,23). The largest absolute Gasteiger partial charge is 0.396 e. The maximum absolute atomic E-state index is 12.1. The molecule has 0 aliphatic heterocycles. The normalized spacial score (nSPS) is 10.7. The third-order valence-electron chi connectivity index (χ3n) is 3.57. The Kier molecular flexibility index (Phi) is 4.14. The first-order valence-electron chi connectivity index (χ1n) is 7.46. The average molecular weight is 307 g/mol. The first kappa shape index (κ1) is 14.9. The molecule has 2 heterocycles. The lowest BCUT2D eigenvalue weighted by atomic mass is 10.0. The van der Waals surface area contributed by atoms with Crippen molar-refractivity contribution < 1.29 is 4.79 Å². The second-order valence-electron chi connectivity index (χ2n) is 5.16. The van der Waals surface area contributed by atoms with Crippen LogP contribution in [-0.2, 0) is 0 Å². The van der Waals surface area contributed by atoms with E-state index >= 15 is 0 Å². The Balaban J connectivity index is 2.11. The van der Waals surface area contributed by atoms with Crippen molar-refractivity contribution in [2.75, 3.05) is 12.3 Å². The second-order valence-corrected chi connectivity index (χ2v) is 5.16. The van der Waals surface area contributed by atoms with Crippen molar-refractivity contribution in [3.63, 3.8) is 0 Å². The SMILES string of the molecule is CCCNC(=O)c1nnc2c(-c3ccncc3)cccc2c1N. The quantitative estimate of drug-likeness (QED) is 0.772. The van der Waals surface area contributed by atoms with Crippen molar-refractivity contribution in [3.05, 3.63) is 48.4 Å². The molecule has 3 rings (SSSR count). The molecule has 0 fully saturated rings. The summed E-state index contributed by atoms with van der Waals surface area (Å²) in [5.41, 5.74) is 9.23. The molecule has 3 aromatic rings. The van der Waals surface area contributed by atoms with Crippen molar-refractivity contribution in [3.8, 4) is 11.1 Å². The first-order chi connectivity index (χ1) is 11.2. The van der Waals surface area contributed by atoms with Gasteiger partial charge in [0, 0.05) is 29.9 Å². The summed E-state index contributed by atoms with van der Waals surface area (Å²) in [6.07, 6.45) is 4.29. The number of hydrogen-bond acceptors (Lipinski definition) is 5. The number of amides is 1. The molecular weight excluding hydrogens is 290 g/mol. The van der Waals surface area contributed by atoms with E-state index < -0.39 is 0 Å². The van der Waals surface area contributed by atoms with Crippen LogP contribution in [0.25, 0.3) is 22.0 Å². The third kappa shape index (κ3) is 2.83. The minimum Gasteiger partial charge on any atom is -0.396 e. The van der Waals surface area contributed by atoms with Crippen LogP contribution in [0.1, 0.15) is 23.8 Å². The highest BCUT2D eigenvalue weighted by molar-refractivity contribution is 6.07. The number of nitrogen functional groups attached to an aromatic ring is 1. The molecule has 23 heavy (non-hydrogen) atoms. The fourth-order valence-corrected chi connectivity index (χ4v) is 2.40. The average Bonchev–Trinajstić information content (AvgIpc) is 2.60. The van der Waals surface area contributed by atoms with Crippen LogP contribution in [0, 0.1) is 0 Å². The van der Waals surface area contributed by atoms with E-state index in [1.54, 1.807) is 12.4 Å². The summed E-state index contributed by atoms with van der Waals surface area (Å²) >= 11 is 0.